The lowest BCUT2D eigenvalue weighted by Crippen LogP contribution is -2.32. The zero-order valence-corrected chi connectivity index (χ0v) is 16.8. The van der Waals surface area contributed by atoms with Crippen molar-refractivity contribution >= 4 is 32.5 Å². The molecular weight excluding hydrogens is 374 g/mol. The summed E-state index contributed by atoms with van der Waals surface area (Å²) in [6.07, 6.45) is 0. The maximum Gasteiger partial charge on any atom is 0.265 e. The zero-order chi connectivity index (χ0) is 19.9. The number of fused-ring (bicyclic) bond motifs is 3. The molecule has 0 radical (unpaired) electrons. The SMILES string of the molecule is CCN(c1nc2ccccc2n2c(C(C)C)nnc12)S(=O)(=O)c1ccccc1. The van der Waals surface area contributed by atoms with Crippen LogP contribution in [0.5, 0.6) is 0 Å². The highest BCUT2D eigenvalue weighted by molar-refractivity contribution is 7.92. The Morgan fingerprint density at radius 3 is 2.36 bits per heavy atom. The molecule has 0 saturated heterocycles. The van der Waals surface area contributed by atoms with Crippen molar-refractivity contribution in [1.82, 2.24) is 19.6 Å². The molecule has 2 aromatic heterocycles. The number of aromatic nitrogens is 4. The smallest absolute Gasteiger partial charge is 0.265 e. The van der Waals surface area contributed by atoms with Crippen molar-refractivity contribution in [2.24, 2.45) is 0 Å². The van der Waals surface area contributed by atoms with E-state index in [0.29, 0.717) is 11.2 Å². The van der Waals surface area contributed by atoms with Crippen molar-refractivity contribution in [3.63, 3.8) is 0 Å². The second kappa shape index (κ2) is 6.87. The van der Waals surface area contributed by atoms with E-state index < -0.39 is 10.0 Å². The number of benzene rings is 2. The molecule has 0 amide bonds. The Bertz CT molecular complexity index is 1250. The van der Waals surface area contributed by atoms with E-state index >= 15 is 0 Å². The van der Waals surface area contributed by atoms with E-state index in [2.05, 4.69) is 15.2 Å². The minimum atomic E-state index is -3.79. The van der Waals surface area contributed by atoms with Gasteiger partial charge in [0.05, 0.1) is 15.9 Å². The predicted octanol–water partition coefficient (Wildman–Crippen LogP) is 3.62. The van der Waals surface area contributed by atoms with Gasteiger partial charge in [0.2, 0.25) is 5.65 Å². The van der Waals surface area contributed by atoms with Crippen molar-refractivity contribution in [3.05, 3.63) is 60.4 Å². The molecule has 7 nitrogen and oxygen atoms in total. The molecule has 8 heteroatoms. The lowest BCUT2D eigenvalue weighted by molar-refractivity contribution is 0.591. The maximum atomic E-state index is 13.3. The van der Waals surface area contributed by atoms with Crippen LogP contribution in [0.15, 0.2) is 59.5 Å². The Morgan fingerprint density at radius 1 is 1.00 bits per heavy atom. The number of hydrogen-bond donors (Lipinski definition) is 0. The van der Waals surface area contributed by atoms with Gasteiger partial charge < -0.3 is 0 Å². The molecule has 0 spiro atoms. The molecule has 0 N–H and O–H groups in total. The largest absolute Gasteiger partial charge is 0.274 e. The van der Waals surface area contributed by atoms with Crippen LogP contribution >= 0.6 is 0 Å². The third-order valence-corrected chi connectivity index (χ3v) is 6.49. The zero-order valence-electron chi connectivity index (χ0n) is 15.9. The van der Waals surface area contributed by atoms with Gasteiger partial charge in [-0.2, -0.15) is 0 Å². The van der Waals surface area contributed by atoms with Gasteiger partial charge in [-0.3, -0.25) is 4.40 Å². The van der Waals surface area contributed by atoms with Crippen molar-refractivity contribution in [2.75, 3.05) is 10.8 Å². The molecule has 144 valence electrons. The van der Waals surface area contributed by atoms with Crippen LogP contribution in [-0.4, -0.2) is 34.5 Å². The number of nitrogens with zero attached hydrogens (tertiary/aromatic N) is 5. The first-order valence-corrected chi connectivity index (χ1v) is 10.6. The van der Waals surface area contributed by atoms with E-state index in [1.807, 2.05) is 42.5 Å². The molecule has 4 rings (SSSR count). The van der Waals surface area contributed by atoms with Gasteiger partial charge in [0.25, 0.3) is 10.0 Å². The fourth-order valence-electron chi connectivity index (χ4n) is 3.28. The van der Waals surface area contributed by atoms with Crippen molar-refractivity contribution in [2.45, 2.75) is 31.6 Å². The summed E-state index contributed by atoms with van der Waals surface area (Å²) in [5.41, 5.74) is 1.97. The summed E-state index contributed by atoms with van der Waals surface area (Å²) in [5.74, 6) is 1.17. The third-order valence-electron chi connectivity index (χ3n) is 4.61. The van der Waals surface area contributed by atoms with E-state index in [0.717, 1.165) is 11.3 Å². The van der Waals surface area contributed by atoms with E-state index in [9.17, 15) is 8.42 Å². The Kier molecular flexibility index (Phi) is 4.50. The van der Waals surface area contributed by atoms with E-state index in [1.54, 1.807) is 37.3 Å². The van der Waals surface area contributed by atoms with Gasteiger partial charge >= 0.3 is 0 Å². The Balaban J connectivity index is 2.04. The summed E-state index contributed by atoms with van der Waals surface area (Å²) < 4.78 is 29.8. The molecule has 0 aliphatic heterocycles. The minimum absolute atomic E-state index is 0.120. The van der Waals surface area contributed by atoms with Gasteiger partial charge in [0.15, 0.2) is 5.82 Å². The quantitative estimate of drug-likeness (QED) is 0.516. The topological polar surface area (TPSA) is 80.5 Å². The normalized spacial score (nSPS) is 12.1. The fourth-order valence-corrected chi connectivity index (χ4v) is 4.73. The molecule has 2 aromatic carbocycles. The number of sulfonamides is 1. The van der Waals surface area contributed by atoms with Gasteiger partial charge in [-0.05, 0) is 31.2 Å². The van der Waals surface area contributed by atoms with Crippen molar-refractivity contribution in [3.8, 4) is 0 Å². The average Bonchev–Trinajstić information content (AvgIpc) is 3.15. The minimum Gasteiger partial charge on any atom is -0.274 e. The first-order valence-electron chi connectivity index (χ1n) is 9.16. The number of anilines is 1. The standard InChI is InChI=1S/C20H21N5O2S/c1-4-24(28(26,27)15-10-6-5-7-11-15)19-20-23-22-18(14(2)3)25(20)17-13-9-8-12-16(17)21-19/h5-14H,4H2,1-3H3. The second-order valence-electron chi connectivity index (χ2n) is 6.78. The van der Waals surface area contributed by atoms with E-state index in [1.165, 1.54) is 4.31 Å². The predicted molar refractivity (Wildman–Crippen MR) is 109 cm³/mol. The van der Waals surface area contributed by atoms with Crippen LogP contribution in [0, 0.1) is 0 Å². The van der Waals surface area contributed by atoms with Gasteiger partial charge in [-0.15, -0.1) is 10.2 Å². The summed E-state index contributed by atoms with van der Waals surface area (Å²) in [6.45, 7) is 6.07. The summed E-state index contributed by atoms with van der Waals surface area (Å²) in [4.78, 5) is 4.88. The van der Waals surface area contributed by atoms with Crippen LogP contribution in [0.3, 0.4) is 0 Å². The summed E-state index contributed by atoms with van der Waals surface area (Å²) in [5, 5.41) is 8.64. The Labute approximate surface area is 163 Å². The van der Waals surface area contributed by atoms with Gasteiger partial charge in [0.1, 0.15) is 5.82 Å². The molecule has 0 fully saturated rings. The Morgan fingerprint density at radius 2 is 1.68 bits per heavy atom. The highest BCUT2D eigenvalue weighted by Crippen LogP contribution is 2.30. The van der Waals surface area contributed by atoms with Crippen LogP contribution in [-0.2, 0) is 10.0 Å². The number of hydrogen-bond acceptors (Lipinski definition) is 5. The fraction of sp³-hybridized carbons (Fsp3) is 0.250. The summed E-state index contributed by atoms with van der Waals surface area (Å²) >= 11 is 0. The molecule has 0 aliphatic rings. The van der Waals surface area contributed by atoms with Crippen molar-refractivity contribution in [1.29, 1.82) is 0 Å². The lowest BCUT2D eigenvalue weighted by atomic mass is 10.2. The highest BCUT2D eigenvalue weighted by atomic mass is 32.2. The molecule has 0 saturated carbocycles. The highest BCUT2D eigenvalue weighted by Gasteiger charge is 2.29. The molecular formula is C20H21N5O2S. The number of rotatable bonds is 5. The van der Waals surface area contributed by atoms with Crippen molar-refractivity contribution < 1.29 is 8.42 Å². The third kappa shape index (κ3) is 2.80. The van der Waals surface area contributed by atoms with Gasteiger partial charge in [-0.1, -0.05) is 44.2 Å². The van der Waals surface area contributed by atoms with Gasteiger partial charge in [-0.25, -0.2) is 17.7 Å². The molecule has 28 heavy (non-hydrogen) atoms. The number of para-hydroxylation sites is 2. The first kappa shape index (κ1) is 18.4. The second-order valence-corrected chi connectivity index (χ2v) is 8.64. The molecule has 4 aromatic rings. The van der Waals surface area contributed by atoms with Crippen LogP contribution in [0.2, 0.25) is 0 Å². The monoisotopic (exact) mass is 395 g/mol. The van der Waals surface area contributed by atoms with Crippen LogP contribution in [0.1, 0.15) is 32.5 Å². The molecule has 0 unspecified atom stereocenters. The van der Waals surface area contributed by atoms with Crippen LogP contribution in [0.4, 0.5) is 5.82 Å². The average molecular weight is 395 g/mol. The molecule has 0 bridgehead atoms. The van der Waals surface area contributed by atoms with E-state index in [-0.39, 0.29) is 23.2 Å². The molecule has 0 aliphatic carbocycles. The lowest BCUT2D eigenvalue weighted by Gasteiger charge is -2.22. The summed E-state index contributed by atoms with van der Waals surface area (Å²) in [7, 11) is -3.79. The van der Waals surface area contributed by atoms with E-state index in [4.69, 9.17) is 0 Å². The molecule has 0 atom stereocenters. The van der Waals surface area contributed by atoms with Gasteiger partial charge in [0, 0.05) is 12.5 Å². The first-order chi connectivity index (χ1) is 13.4. The maximum absolute atomic E-state index is 13.3. The summed E-state index contributed by atoms with van der Waals surface area (Å²) in [6, 6.07) is 16.0. The van der Waals surface area contributed by atoms with Crippen LogP contribution < -0.4 is 4.31 Å². The van der Waals surface area contributed by atoms with Crippen LogP contribution in [0.25, 0.3) is 16.7 Å². The Hall–Kier alpha value is -3.00. The molecule has 2 heterocycles.